The summed E-state index contributed by atoms with van der Waals surface area (Å²) >= 11 is -0.826. The van der Waals surface area contributed by atoms with Crippen molar-refractivity contribution in [1.29, 1.82) is 0 Å². The molecule has 0 aromatic heterocycles. The average molecular weight is 743 g/mol. The van der Waals surface area contributed by atoms with Crippen LogP contribution in [0.4, 0.5) is 0 Å². The van der Waals surface area contributed by atoms with E-state index >= 15 is 0 Å². The molecule has 0 fully saturated rings. The summed E-state index contributed by atoms with van der Waals surface area (Å²) in [5.74, 6) is 0. The standard InChI is InChI=1S/2C20H21.2CH3.2ClH.Si.Zr/c2*1-14-12-16-6-5-7-18(19(16)13-14)15-8-10-17(11-9-15)20(2,3)4;;;;;;/h2*5-13H,1-4H3;2*1H3;2*1H;;/q4*-1;;;;+2/p-2. The molecule has 4 heteroatoms. The molecule has 0 unspecified atom stereocenters. The minimum Gasteiger partial charge on any atom is 0 e. The summed E-state index contributed by atoms with van der Waals surface area (Å²) in [7, 11) is 9.87. The Balaban J connectivity index is 0.000000400. The van der Waals surface area contributed by atoms with E-state index in [1.165, 1.54) is 66.1 Å². The maximum absolute atomic E-state index is 4.93. The van der Waals surface area contributed by atoms with Crippen LogP contribution < -0.4 is 0 Å². The maximum atomic E-state index is 4.93. The second kappa shape index (κ2) is 17.8. The van der Waals surface area contributed by atoms with Gasteiger partial charge in [-0.25, -0.2) is 0 Å². The molecule has 0 heterocycles. The molecule has 0 aliphatic heterocycles. The SMILES string of the molecule is Cc1cc2c(-c3ccc(C(C)(C)C)cc3)cccc2[cH-]1.Cc1cc2c(-c3ccc(C(C)(C)C)cc3)cccc2[cH-]1.[CH3-].[CH3-].[Cl][Zr][Cl].[Si]. The van der Waals surface area contributed by atoms with Crippen molar-refractivity contribution in [3.05, 3.63) is 146 Å². The van der Waals surface area contributed by atoms with Gasteiger partial charge in [0, 0.05) is 11.0 Å². The number of aryl methyl sites for hydroxylation is 2. The van der Waals surface area contributed by atoms with Crippen molar-refractivity contribution in [3.63, 3.8) is 0 Å². The van der Waals surface area contributed by atoms with Crippen molar-refractivity contribution in [2.24, 2.45) is 0 Å². The van der Waals surface area contributed by atoms with Gasteiger partial charge in [-0.15, -0.1) is 69.1 Å². The largest absolute Gasteiger partial charge is 0 e. The zero-order valence-electron chi connectivity index (χ0n) is 29.1. The van der Waals surface area contributed by atoms with Gasteiger partial charge < -0.3 is 14.9 Å². The van der Waals surface area contributed by atoms with Gasteiger partial charge in [-0.3, -0.25) is 0 Å². The Hall–Kier alpha value is -2.22. The molecule has 0 amide bonds. The number of hydrogen-bond donors (Lipinski definition) is 0. The molecule has 0 N–H and O–H groups in total. The van der Waals surface area contributed by atoms with E-state index in [4.69, 9.17) is 17.0 Å². The minimum atomic E-state index is -0.826. The first kappa shape index (κ1) is 41.8. The summed E-state index contributed by atoms with van der Waals surface area (Å²) in [5.41, 5.74) is 11.1. The summed E-state index contributed by atoms with van der Waals surface area (Å²) < 4.78 is 0. The van der Waals surface area contributed by atoms with Crippen LogP contribution in [-0.4, -0.2) is 11.0 Å². The normalized spacial score (nSPS) is 10.7. The van der Waals surface area contributed by atoms with Crippen LogP contribution in [0, 0.1) is 28.7 Å². The molecule has 0 bridgehead atoms. The Morgan fingerprint density at radius 1 is 0.522 bits per heavy atom. The van der Waals surface area contributed by atoms with E-state index in [0.29, 0.717) is 0 Å². The van der Waals surface area contributed by atoms with Crippen molar-refractivity contribution in [2.75, 3.05) is 0 Å². The zero-order chi connectivity index (χ0) is 31.4. The van der Waals surface area contributed by atoms with E-state index in [0.717, 1.165) is 0 Å². The molecular formula is C42H48Cl2SiZr-4. The molecule has 6 aromatic carbocycles. The van der Waals surface area contributed by atoms with Crippen LogP contribution in [-0.2, 0) is 31.7 Å². The van der Waals surface area contributed by atoms with E-state index in [1.807, 2.05) is 0 Å². The van der Waals surface area contributed by atoms with Gasteiger partial charge >= 0.3 is 37.9 Å². The maximum Gasteiger partial charge on any atom is 0 e. The van der Waals surface area contributed by atoms with Gasteiger partial charge in [0.15, 0.2) is 0 Å². The minimum absolute atomic E-state index is 0. The van der Waals surface area contributed by atoms with Crippen LogP contribution in [0.2, 0.25) is 0 Å². The van der Waals surface area contributed by atoms with Gasteiger partial charge in [-0.05, 0) is 33.1 Å². The monoisotopic (exact) mass is 740 g/mol. The molecule has 4 radical (unpaired) electrons. The zero-order valence-corrected chi connectivity index (χ0v) is 34.1. The van der Waals surface area contributed by atoms with E-state index in [-0.39, 0.29) is 36.6 Å². The average Bonchev–Trinajstić information content (AvgIpc) is 3.53. The van der Waals surface area contributed by atoms with Crippen molar-refractivity contribution in [1.82, 2.24) is 0 Å². The quantitative estimate of drug-likeness (QED) is 0.122. The van der Waals surface area contributed by atoms with Crippen LogP contribution in [0.15, 0.2) is 109 Å². The van der Waals surface area contributed by atoms with Crippen molar-refractivity contribution in [2.45, 2.75) is 66.2 Å². The molecule has 0 aliphatic rings. The fourth-order valence-electron chi connectivity index (χ4n) is 5.57. The number of halogens is 2. The molecule has 6 rings (SSSR count). The Bertz CT molecular complexity index is 1640. The van der Waals surface area contributed by atoms with Crippen LogP contribution in [0.25, 0.3) is 43.8 Å². The third-order valence-electron chi connectivity index (χ3n) is 7.91. The second-order valence-corrected chi connectivity index (χ2v) is 17.1. The summed E-state index contributed by atoms with van der Waals surface area (Å²) in [5, 5.41) is 5.38. The van der Waals surface area contributed by atoms with Gasteiger partial charge in [0.25, 0.3) is 0 Å². The fourth-order valence-corrected chi connectivity index (χ4v) is 5.57. The van der Waals surface area contributed by atoms with Gasteiger partial charge in [0.1, 0.15) is 0 Å². The smallest absolute Gasteiger partial charge is 0 e. The molecule has 0 atom stereocenters. The van der Waals surface area contributed by atoms with E-state index in [9.17, 15) is 0 Å². The van der Waals surface area contributed by atoms with Crippen molar-refractivity contribution < 1.29 is 20.8 Å². The number of rotatable bonds is 2. The third-order valence-corrected chi connectivity index (χ3v) is 7.91. The number of benzene rings is 4. The van der Waals surface area contributed by atoms with Crippen molar-refractivity contribution >= 4 is 49.5 Å². The topological polar surface area (TPSA) is 0 Å². The predicted octanol–water partition coefficient (Wildman–Crippen LogP) is 13.6. The van der Waals surface area contributed by atoms with Gasteiger partial charge in [0.2, 0.25) is 0 Å². The number of hydrogen-bond acceptors (Lipinski definition) is 0. The van der Waals surface area contributed by atoms with Gasteiger partial charge in [-0.1, -0.05) is 127 Å². The molecule has 46 heavy (non-hydrogen) atoms. The van der Waals surface area contributed by atoms with Crippen LogP contribution in [0.1, 0.15) is 63.8 Å². The molecule has 6 aromatic rings. The second-order valence-electron chi connectivity index (χ2n) is 13.4. The first-order valence-electron chi connectivity index (χ1n) is 14.8. The Kier molecular flexibility index (Phi) is 16.2. The van der Waals surface area contributed by atoms with E-state index in [1.54, 1.807) is 0 Å². The molecule has 0 saturated heterocycles. The molecule has 0 spiro atoms. The van der Waals surface area contributed by atoms with E-state index in [2.05, 4.69) is 165 Å². The molecule has 0 saturated carbocycles. The Labute approximate surface area is 303 Å². The third kappa shape index (κ3) is 10.4. The molecular weight excluding hydrogens is 695 g/mol. The summed E-state index contributed by atoms with van der Waals surface area (Å²) in [6.07, 6.45) is 0. The van der Waals surface area contributed by atoms with Crippen molar-refractivity contribution in [3.8, 4) is 22.3 Å². The summed E-state index contributed by atoms with van der Waals surface area (Å²) in [6, 6.07) is 40.2. The molecule has 242 valence electrons. The van der Waals surface area contributed by atoms with E-state index < -0.39 is 20.8 Å². The van der Waals surface area contributed by atoms with Gasteiger partial charge in [-0.2, -0.15) is 12.1 Å². The first-order valence-corrected chi connectivity index (χ1v) is 21.1. The Morgan fingerprint density at radius 2 is 0.826 bits per heavy atom. The van der Waals surface area contributed by atoms with Crippen LogP contribution in [0.3, 0.4) is 0 Å². The molecule has 0 nitrogen and oxygen atoms in total. The number of fused-ring (bicyclic) bond motifs is 2. The molecule has 0 aliphatic carbocycles. The summed E-state index contributed by atoms with van der Waals surface area (Å²) in [4.78, 5) is 0. The Morgan fingerprint density at radius 3 is 1.11 bits per heavy atom. The van der Waals surface area contributed by atoms with Crippen LogP contribution >= 0.6 is 17.0 Å². The predicted molar refractivity (Wildman–Crippen MR) is 207 cm³/mol. The fraction of sp³-hybridized carbons (Fsp3) is 0.238. The summed E-state index contributed by atoms with van der Waals surface area (Å²) in [6.45, 7) is 17.8. The van der Waals surface area contributed by atoms with Gasteiger partial charge in [0.05, 0.1) is 0 Å². The van der Waals surface area contributed by atoms with Crippen LogP contribution in [0.5, 0.6) is 0 Å². The first-order chi connectivity index (χ1) is 20.3.